The molecule has 0 aromatic heterocycles. The van der Waals surface area contributed by atoms with Gasteiger partial charge in [0.05, 0.1) is 5.56 Å². The lowest BCUT2D eigenvalue weighted by Gasteiger charge is -2.34. The van der Waals surface area contributed by atoms with Gasteiger partial charge in [0.1, 0.15) is 6.61 Å². The lowest BCUT2D eigenvalue weighted by molar-refractivity contribution is -0.141. The zero-order valence-electron chi connectivity index (χ0n) is 13.1. The Morgan fingerprint density at radius 2 is 1.46 bits per heavy atom. The van der Waals surface area contributed by atoms with Gasteiger partial charge in [0.15, 0.2) is 0 Å². The van der Waals surface area contributed by atoms with E-state index in [1.807, 2.05) is 0 Å². The summed E-state index contributed by atoms with van der Waals surface area (Å²) in [5.41, 5.74) is -0.0345. The van der Waals surface area contributed by atoms with Gasteiger partial charge in [-0.1, -0.05) is 12.1 Å². The molecule has 1 aliphatic heterocycles. The highest BCUT2D eigenvalue weighted by Crippen LogP contribution is 2.29. The Morgan fingerprint density at radius 3 is 1.92 bits per heavy atom. The molecule has 8 heteroatoms. The smallest absolute Gasteiger partial charge is 0.387 e. The number of rotatable bonds is 4. The van der Waals surface area contributed by atoms with Crippen molar-refractivity contribution in [2.75, 3.05) is 32.8 Å². The van der Waals surface area contributed by atoms with E-state index < -0.39 is 18.3 Å². The summed E-state index contributed by atoms with van der Waals surface area (Å²) < 4.78 is 37.5. The number of amides is 2. The van der Waals surface area contributed by atoms with Crippen LogP contribution in [0.4, 0.5) is 13.2 Å². The van der Waals surface area contributed by atoms with Gasteiger partial charge in [-0.2, -0.15) is 13.2 Å². The predicted molar refractivity (Wildman–Crippen MR) is 80.0 cm³/mol. The molecule has 0 atom stereocenters. The number of aliphatic hydroxyl groups is 1. The van der Waals surface area contributed by atoms with Crippen molar-refractivity contribution in [1.82, 2.24) is 9.80 Å². The van der Waals surface area contributed by atoms with Gasteiger partial charge in [-0.05, 0) is 24.1 Å². The molecular weight excluding hydrogens is 325 g/mol. The van der Waals surface area contributed by atoms with Crippen molar-refractivity contribution in [2.24, 2.45) is 0 Å². The number of hydrogen-bond donors (Lipinski definition) is 1. The van der Waals surface area contributed by atoms with Crippen molar-refractivity contribution in [3.05, 3.63) is 35.4 Å². The molecule has 1 saturated heterocycles. The van der Waals surface area contributed by atoms with Crippen LogP contribution < -0.4 is 0 Å². The van der Waals surface area contributed by atoms with Crippen LogP contribution in [0, 0.1) is 0 Å². The first-order chi connectivity index (χ1) is 11.3. The van der Waals surface area contributed by atoms with Crippen molar-refractivity contribution < 1.29 is 27.9 Å². The van der Waals surface area contributed by atoms with E-state index in [4.69, 9.17) is 5.11 Å². The molecule has 0 spiro atoms. The second-order valence-electron chi connectivity index (χ2n) is 5.61. The SMILES string of the molecule is O=C(CO)N1CCN(C(=O)CCc2ccc(C(F)(F)F)cc2)CC1. The van der Waals surface area contributed by atoms with Gasteiger partial charge < -0.3 is 14.9 Å². The standard InChI is InChI=1S/C16H19F3N2O3/c17-16(18,19)13-4-1-12(2-5-13)3-6-14(23)20-7-9-21(10-8-20)15(24)11-22/h1-2,4-5,22H,3,6-11H2. The van der Waals surface area contributed by atoms with Gasteiger partial charge in [0.25, 0.3) is 0 Å². The Bertz CT molecular complexity index is 579. The average molecular weight is 344 g/mol. The molecule has 0 bridgehead atoms. The zero-order chi connectivity index (χ0) is 17.7. The highest BCUT2D eigenvalue weighted by Gasteiger charge is 2.30. The van der Waals surface area contributed by atoms with Crippen LogP contribution in [0.5, 0.6) is 0 Å². The highest BCUT2D eigenvalue weighted by molar-refractivity contribution is 5.79. The molecule has 24 heavy (non-hydrogen) atoms. The maximum Gasteiger partial charge on any atom is 0.416 e. The summed E-state index contributed by atoms with van der Waals surface area (Å²) in [7, 11) is 0. The molecule has 132 valence electrons. The van der Waals surface area contributed by atoms with E-state index in [1.165, 1.54) is 17.0 Å². The van der Waals surface area contributed by atoms with Gasteiger partial charge in [0.2, 0.25) is 11.8 Å². The minimum absolute atomic E-state index is 0.0917. The highest BCUT2D eigenvalue weighted by atomic mass is 19.4. The number of benzene rings is 1. The molecular formula is C16H19F3N2O3. The molecule has 1 fully saturated rings. The largest absolute Gasteiger partial charge is 0.416 e. The molecule has 1 heterocycles. The summed E-state index contributed by atoms with van der Waals surface area (Å²) in [4.78, 5) is 26.6. The second kappa shape index (κ2) is 7.65. The molecule has 1 aromatic rings. The Hall–Kier alpha value is -2.09. The molecule has 0 aliphatic carbocycles. The van der Waals surface area contributed by atoms with Crippen LogP contribution in [0.25, 0.3) is 0 Å². The van der Waals surface area contributed by atoms with Gasteiger partial charge in [0, 0.05) is 32.6 Å². The van der Waals surface area contributed by atoms with Crippen LogP contribution in [0.3, 0.4) is 0 Å². The number of carbonyl (C=O) groups excluding carboxylic acids is 2. The summed E-state index contributed by atoms with van der Waals surface area (Å²) in [5, 5.41) is 8.80. The predicted octanol–water partition coefficient (Wildman–Crippen LogP) is 1.30. The molecule has 0 radical (unpaired) electrons. The first-order valence-electron chi connectivity index (χ1n) is 7.64. The van der Waals surface area contributed by atoms with Gasteiger partial charge in [-0.3, -0.25) is 9.59 Å². The van der Waals surface area contributed by atoms with Gasteiger partial charge in [-0.25, -0.2) is 0 Å². The Balaban J connectivity index is 1.80. The van der Waals surface area contributed by atoms with Gasteiger partial charge in [-0.15, -0.1) is 0 Å². The number of aliphatic hydroxyl groups excluding tert-OH is 1. The maximum absolute atomic E-state index is 12.5. The fraction of sp³-hybridized carbons (Fsp3) is 0.500. The Morgan fingerprint density at radius 1 is 0.958 bits per heavy atom. The van der Waals surface area contributed by atoms with Gasteiger partial charge >= 0.3 is 6.18 Å². The monoisotopic (exact) mass is 344 g/mol. The van der Waals surface area contributed by atoms with E-state index in [9.17, 15) is 22.8 Å². The molecule has 5 nitrogen and oxygen atoms in total. The molecule has 0 unspecified atom stereocenters. The summed E-state index contributed by atoms with van der Waals surface area (Å²) in [5.74, 6) is -0.446. The first kappa shape index (κ1) is 18.3. The number of aryl methyl sites for hydroxylation is 1. The van der Waals surface area contributed by atoms with Crippen molar-refractivity contribution in [2.45, 2.75) is 19.0 Å². The Kier molecular flexibility index (Phi) is 5.82. The van der Waals surface area contributed by atoms with Crippen LogP contribution >= 0.6 is 0 Å². The molecule has 2 rings (SSSR count). The van der Waals surface area contributed by atoms with E-state index >= 15 is 0 Å². The normalized spacial score (nSPS) is 15.5. The number of nitrogens with zero attached hydrogens (tertiary/aromatic N) is 2. The van der Waals surface area contributed by atoms with E-state index in [0.29, 0.717) is 38.2 Å². The van der Waals surface area contributed by atoms with Crippen molar-refractivity contribution in [1.29, 1.82) is 0 Å². The second-order valence-corrected chi connectivity index (χ2v) is 5.61. The topological polar surface area (TPSA) is 60.9 Å². The third kappa shape index (κ3) is 4.70. The van der Waals surface area contributed by atoms with E-state index in [2.05, 4.69) is 0 Å². The molecule has 1 N–H and O–H groups in total. The van der Waals surface area contributed by atoms with Crippen molar-refractivity contribution >= 4 is 11.8 Å². The molecule has 1 aliphatic rings. The molecule has 1 aromatic carbocycles. The van der Waals surface area contributed by atoms with Crippen LogP contribution in [-0.2, 0) is 22.2 Å². The first-order valence-corrected chi connectivity index (χ1v) is 7.64. The number of hydrogen-bond acceptors (Lipinski definition) is 3. The fourth-order valence-electron chi connectivity index (χ4n) is 2.58. The molecule has 2 amide bonds. The van der Waals surface area contributed by atoms with E-state index in [-0.39, 0.29) is 18.2 Å². The van der Waals surface area contributed by atoms with Crippen molar-refractivity contribution in [3.8, 4) is 0 Å². The number of halogens is 3. The van der Waals surface area contributed by atoms with Crippen LogP contribution in [-0.4, -0.2) is 59.5 Å². The van der Waals surface area contributed by atoms with Crippen LogP contribution in [0.1, 0.15) is 17.5 Å². The summed E-state index contributed by atoms with van der Waals surface area (Å²) >= 11 is 0. The zero-order valence-corrected chi connectivity index (χ0v) is 13.1. The maximum atomic E-state index is 12.5. The third-order valence-corrected chi connectivity index (χ3v) is 4.03. The average Bonchev–Trinajstić information content (AvgIpc) is 2.58. The lowest BCUT2D eigenvalue weighted by Crippen LogP contribution is -2.51. The number of piperazine rings is 1. The lowest BCUT2D eigenvalue weighted by atomic mass is 10.1. The fourth-order valence-corrected chi connectivity index (χ4v) is 2.58. The molecule has 0 saturated carbocycles. The van der Waals surface area contributed by atoms with E-state index in [0.717, 1.165) is 12.1 Å². The third-order valence-electron chi connectivity index (χ3n) is 4.03. The van der Waals surface area contributed by atoms with E-state index in [1.54, 1.807) is 4.90 Å². The summed E-state index contributed by atoms with van der Waals surface area (Å²) in [6, 6.07) is 4.79. The number of alkyl halides is 3. The minimum atomic E-state index is -4.36. The van der Waals surface area contributed by atoms with Crippen molar-refractivity contribution in [3.63, 3.8) is 0 Å². The van der Waals surface area contributed by atoms with Crippen LogP contribution in [0.2, 0.25) is 0 Å². The number of carbonyl (C=O) groups is 2. The minimum Gasteiger partial charge on any atom is -0.387 e. The summed E-state index contributed by atoms with van der Waals surface area (Å²) in [6.45, 7) is 1.02. The quantitative estimate of drug-likeness (QED) is 0.896. The Labute approximate surface area is 137 Å². The van der Waals surface area contributed by atoms with Crippen LogP contribution in [0.15, 0.2) is 24.3 Å². The summed E-state index contributed by atoms with van der Waals surface area (Å²) in [6.07, 6.45) is -3.79.